The van der Waals surface area contributed by atoms with Crippen LogP contribution in [0.2, 0.25) is 0 Å². The second-order valence-corrected chi connectivity index (χ2v) is 15.2. The van der Waals surface area contributed by atoms with Gasteiger partial charge in [0.2, 0.25) is 0 Å². The van der Waals surface area contributed by atoms with Gasteiger partial charge in [0.25, 0.3) is 0 Å². The van der Waals surface area contributed by atoms with Crippen LogP contribution in [-0.2, 0) is 0 Å². The van der Waals surface area contributed by atoms with Crippen LogP contribution < -0.4 is 0 Å². The molecule has 4 nitrogen and oxygen atoms in total. The fraction of sp³-hybridized carbons (Fsp3) is 0. The van der Waals surface area contributed by atoms with Crippen LogP contribution in [0, 0.1) is 0 Å². The second kappa shape index (κ2) is 11.6. The van der Waals surface area contributed by atoms with Crippen molar-refractivity contribution in [1.82, 2.24) is 15.0 Å². The molecule has 0 saturated carbocycles. The molecule has 0 bridgehead atoms. The number of fused-ring (bicyclic) bond motifs is 10. The third kappa shape index (κ3) is 4.50. The van der Waals surface area contributed by atoms with Crippen molar-refractivity contribution in [3.63, 3.8) is 0 Å². The van der Waals surface area contributed by atoms with Gasteiger partial charge in [-0.25, -0.2) is 0 Å². The fourth-order valence-electron chi connectivity index (χ4n) is 7.76. The maximum atomic E-state index is 6.27. The summed E-state index contributed by atoms with van der Waals surface area (Å²) in [6.45, 7) is 0. The molecular weight excluding hydrogens is 701 g/mol. The Bertz CT molecular complexity index is 3180. The van der Waals surface area contributed by atoms with Crippen LogP contribution in [0.5, 0.6) is 0 Å². The van der Waals surface area contributed by atoms with Crippen molar-refractivity contribution >= 4 is 77.3 Å². The van der Waals surface area contributed by atoms with E-state index in [0.29, 0.717) is 17.5 Å². The number of aromatic nitrogens is 3. The third-order valence-corrected chi connectivity index (χ3v) is 12.8. The van der Waals surface area contributed by atoms with E-state index in [-0.39, 0.29) is 14.5 Å². The number of rotatable bonds is 4. The first-order valence-corrected chi connectivity index (χ1v) is 19.1. The van der Waals surface area contributed by atoms with E-state index >= 15 is 0 Å². The molecule has 0 atom stereocenters. The van der Waals surface area contributed by atoms with E-state index in [0.717, 1.165) is 44.0 Å². The van der Waals surface area contributed by atoms with Gasteiger partial charge in [0, 0.05) is 0 Å². The molecule has 0 aliphatic rings. The first kappa shape index (κ1) is 29.4. The van der Waals surface area contributed by atoms with Crippen molar-refractivity contribution < 1.29 is 4.42 Å². The minimum absolute atomic E-state index is 0.133. The Labute approximate surface area is 304 Å². The van der Waals surface area contributed by atoms with Crippen LogP contribution in [0.15, 0.2) is 168 Å². The maximum absolute atomic E-state index is 6.27. The van der Waals surface area contributed by atoms with E-state index in [1.165, 1.54) is 46.6 Å². The molecule has 3 aromatic heterocycles. The SMILES string of the molecule is c1ccc(-c2nc(-c3cccc4c3ccc3ccc5c6cccc(-c7ccccc7)c6[se]c5c34)nc(-c3cccc4oc5ccccc5c34)n2)cc1. The average Bonchev–Trinajstić information content (AvgIpc) is 3.80. The van der Waals surface area contributed by atoms with Crippen LogP contribution in [0.25, 0.3) is 108 Å². The summed E-state index contributed by atoms with van der Waals surface area (Å²) in [6.07, 6.45) is 0. The molecule has 0 fully saturated rings. The Hall–Kier alpha value is -6.39. The zero-order chi connectivity index (χ0) is 34.2. The molecule has 0 aliphatic carbocycles. The van der Waals surface area contributed by atoms with E-state index in [2.05, 4.69) is 115 Å². The summed E-state index contributed by atoms with van der Waals surface area (Å²) in [4.78, 5) is 15.5. The Balaban J connectivity index is 1.18. The number of nitrogens with zero attached hydrogens (tertiary/aromatic N) is 3. The van der Waals surface area contributed by atoms with Gasteiger partial charge in [0.1, 0.15) is 0 Å². The van der Waals surface area contributed by atoms with Gasteiger partial charge in [-0.1, -0.05) is 12.1 Å². The fourth-order valence-corrected chi connectivity index (χ4v) is 10.7. The molecule has 0 radical (unpaired) electrons. The van der Waals surface area contributed by atoms with Gasteiger partial charge in [-0.2, -0.15) is 0 Å². The number of hydrogen-bond acceptors (Lipinski definition) is 4. The molecule has 52 heavy (non-hydrogen) atoms. The standard InChI is InChI=1S/C47H27N3OSe/c1-3-12-28(13-4-1)31-17-9-19-34-35-27-25-29-24-26-32-33(41(29)44(35)52-43(31)34)18-10-20-36(32)46-48-45(30-14-5-2-6-15-30)49-47(50-46)38-21-11-23-40-42(38)37-16-7-8-22-39(37)51-40/h1-27H. The minimum atomic E-state index is 0.133. The van der Waals surface area contributed by atoms with Gasteiger partial charge >= 0.3 is 288 Å². The molecule has 0 spiro atoms. The van der Waals surface area contributed by atoms with E-state index in [9.17, 15) is 0 Å². The first-order valence-electron chi connectivity index (χ1n) is 17.4. The summed E-state index contributed by atoms with van der Waals surface area (Å²) in [7, 11) is 0. The van der Waals surface area contributed by atoms with E-state index < -0.39 is 0 Å². The van der Waals surface area contributed by atoms with Crippen LogP contribution in [0.4, 0.5) is 0 Å². The average molecular weight is 729 g/mol. The molecule has 0 amide bonds. The quantitative estimate of drug-likeness (QED) is 0.134. The number of para-hydroxylation sites is 1. The molecule has 5 heteroatoms. The molecule has 0 N–H and O–H groups in total. The summed E-state index contributed by atoms with van der Waals surface area (Å²) in [5.41, 5.74) is 7.09. The summed E-state index contributed by atoms with van der Waals surface area (Å²) < 4.78 is 9.15. The molecule has 242 valence electrons. The first-order chi connectivity index (χ1) is 25.8. The van der Waals surface area contributed by atoms with Crippen LogP contribution in [-0.4, -0.2) is 29.5 Å². The van der Waals surface area contributed by atoms with Gasteiger partial charge in [-0.15, -0.1) is 0 Å². The normalized spacial score (nSPS) is 11.8. The van der Waals surface area contributed by atoms with Gasteiger partial charge in [0.05, 0.1) is 0 Å². The van der Waals surface area contributed by atoms with Crippen molar-refractivity contribution in [3.05, 3.63) is 164 Å². The van der Waals surface area contributed by atoms with Crippen molar-refractivity contribution in [2.24, 2.45) is 0 Å². The molecule has 8 aromatic carbocycles. The second-order valence-electron chi connectivity index (χ2n) is 13.1. The number of hydrogen-bond donors (Lipinski definition) is 0. The zero-order valence-corrected chi connectivity index (χ0v) is 29.5. The molecule has 0 saturated heterocycles. The van der Waals surface area contributed by atoms with Crippen molar-refractivity contribution in [2.45, 2.75) is 0 Å². The van der Waals surface area contributed by atoms with Crippen LogP contribution in [0.3, 0.4) is 0 Å². The number of furan rings is 1. The summed E-state index contributed by atoms with van der Waals surface area (Å²) >= 11 is 0.133. The Morgan fingerprint density at radius 2 is 0.923 bits per heavy atom. The van der Waals surface area contributed by atoms with Crippen LogP contribution in [0.1, 0.15) is 0 Å². The predicted octanol–water partition coefficient (Wildman–Crippen LogP) is 12.1. The molecule has 11 aromatic rings. The summed E-state index contributed by atoms with van der Waals surface area (Å²) in [5.74, 6) is 1.90. The summed E-state index contributed by atoms with van der Waals surface area (Å²) in [5, 5.41) is 9.65. The number of benzene rings is 8. The Morgan fingerprint density at radius 1 is 0.346 bits per heavy atom. The molecule has 3 heterocycles. The van der Waals surface area contributed by atoms with Gasteiger partial charge in [-0.05, 0) is 6.07 Å². The van der Waals surface area contributed by atoms with Gasteiger partial charge in [-0.3, -0.25) is 0 Å². The zero-order valence-electron chi connectivity index (χ0n) is 27.7. The van der Waals surface area contributed by atoms with Gasteiger partial charge in [0.15, 0.2) is 0 Å². The van der Waals surface area contributed by atoms with Crippen molar-refractivity contribution in [2.75, 3.05) is 0 Å². The third-order valence-electron chi connectivity index (χ3n) is 10.1. The van der Waals surface area contributed by atoms with E-state index in [1.807, 2.05) is 48.5 Å². The van der Waals surface area contributed by atoms with E-state index in [4.69, 9.17) is 19.4 Å². The summed E-state index contributed by atoms with van der Waals surface area (Å²) in [6, 6.07) is 57.6. The van der Waals surface area contributed by atoms with Gasteiger partial charge < -0.3 is 0 Å². The van der Waals surface area contributed by atoms with E-state index in [1.54, 1.807) is 0 Å². The molecule has 0 aliphatic heterocycles. The topological polar surface area (TPSA) is 51.8 Å². The van der Waals surface area contributed by atoms with Crippen LogP contribution >= 0.6 is 0 Å². The molecule has 0 unspecified atom stereocenters. The molecule has 11 rings (SSSR count). The monoisotopic (exact) mass is 729 g/mol. The van der Waals surface area contributed by atoms with Crippen molar-refractivity contribution in [3.8, 4) is 45.3 Å². The Morgan fingerprint density at radius 3 is 1.75 bits per heavy atom. The predicted molar refractivity (Wildman–Crippen MR) is 216 cm³/mol. The Kier molecular flexibility index (Phi) is 6.53. The molecular formula is C47H27N3OSe. The van der Waals surface area contributed by atoms with Crippen molar-refractivity contribution in [1.29, 1.82) is 0 Å².